The Balaban J connectivity index is 2.07. The molecule has 0 atom stereocenters. The van der Waals surface area contributed by atoms with Crippen LogP contribution in [-0.4, -0.2) is 27.7 Å². The number of hydrogen-bond donors (Lipinski definition) is 1. The van der Waals surface area contributed by atoms with Gasteiger partial charge in [0.05, 0.1) is 19.0 Å². The number of benzene rings is 2. The number of carbonyl (C=O) groups is 1. The molecule has 3 rings (SSSR count). The number of rotatable bonds is 4. The van der Waals surface area contributed by atoms with E-state index in [0.717, 1.165) is 15.6 Å². The maximum atomic E-state index is 11.5. The normalized spacial score (nSPS) is 10.8. The van der Waals surface area contributed by atoms with Gasteiger partial charge >= 0.3 is 5.97 Å². The number of hydrogen-bond acceptors (Lipinski definition) is 3. The maximum Gasteiger partial charge on any atom is 0.341 e. The van der Waals surface area contributed by atoms with Crippen LogP contribution in [0.25, 0.3) is 11.0 Å². The Morgan fingerprint density at radius 1 is 1.27 bits per heavy atom. The number of carboxylic acid groups (broad SMARTS) is 1. The number of aromatic nitrogens is 2. The van der Waals surface area contributed by atoms with Gasteiger partial charge in [0.25, 0.3) is 0 Å². The summed E-state index contributed by atoms with van der Waals surface area (Å²) in [5, 5.41) is 9.39. The highest BCUT2D eigenvalue weighted by Gasteiger charge is 2.18. The first-order valence-corrected chi connectivity index (χ1v) is 7.39. The van der Waals surface area contributed by atoms with Gasteiger partial charge in [0.1, 0.15) is 16.8 Å². The van der Waals surface area contributed by atoms with E-state index in [1.165, 1.54) is 7.11 Å². The first kappa shape index (κ1) is 14.6. The predicted molar refractivity (Wildman–Crippen MR) is 86.5 cm³/mol. The average Bonchev–Trinajstić information content (AvgIpc) is 2.91. The molecule has 0 fully saturated rings. The summed E-state index contributed by atoms with van der Waals surface area (Å²) in [7, 11) is 1.45. The molecule has 112 valence electrons. The molecule has 0 amide bonds. The molecule has 0 bridgehead atoms. The molecule has 0 aliphatic rings. The summed E-state index contributed by atoms with van der Waals surface area (Å²) in [5.41, 5.74) is 2.40. The topological polar surface area (TPSA) is 64.4 Å². The van der Waals surface area contributed by atoms with E-state index in [1.807, 2.05) is 34.9 Å². The molecule has 5 nitrogen and oxygen atoms in total. The van der Waals surface area contributed by atoms with Crippen molar-refractivity contribution < 1.29 is 14.6 Å². The van der Waals surface area contributed by atoms with Crippen LogP contribution in [0.3, 0.4) is 0 Å². The van der Waals surface area contributed by atoms with Crippen molar-refractivity contribution in [2.75, 3.05) is 7.11 Å². The first-order valence-electron chi connectivity index (χ1n) is 6.59. The molecule has 0 spiro atoms. The van der Waals surface area contributed by atoms with Crippen LogP contribution < -0.4 is 4.74 Å². The molecule has 2 aromatic carbocycles. The monoisotopic (exact) mass is 360 g/mol. The Kier molecular flexibility index (Phi) is 3.85. The van der Waals surface area contributed by atoms with E-state index in [4.69, 9.17) is 4.74 Å². The minimum atomic E-state index is -1.05. The Labute approximate surface area is 135 Å². The zero-order valence-electron chi connectivity index (χ0n) is 11.8. The van der Waals surface area contributed by atoms with Crippen LogP contribution >= 0.6 is 15.9 Å². The van der Waals surface area contributed by atoms with Crippen LogP contribution in [0.5, 0.6) is 5.75 Å². The summed E-state index contributed by atoms with van der Waals surface area (Å²) in [6, 6.07) is 11.5. The highest BCUT2D eigenvalue weighted by molar-refractivity contribution is 9.10. The Morgan fingerprint density at radius 3 is 2.64 bits per heavy atom. The predicted octanol–water partition coefficient (Wildman–Crippen LogP) is 3.55. The van der Waals surface area contributed by atoms with Gasteiger partial charge in [-0.3, -0.25) is 0 Å². The summed E-state index contributed by atoms with van der Waals surface area (Å²) < 4.78 is 8.06. The molecule has 0 saturated heterocycles. The fourth-order valence-corrected chi connectivity index (χ4v) is 2.67. The van der Waals surface area contributed by atoms with Gasteiger partial charge in [-0.05, 0) is 29.8 Å². The number of ether oxygens (including phenoxy) is 1. The van der Waals surface area contributed by atoms with Crippen molar-refractivity contribution in [2.24, 2.45) is 0 Å². The SMILES string of the molecule is COc1ccc2c(ncn2Cc2ccc(Br)cc2)c1C(=O)O. The quantitative estimate of drug-likeness (QED) is 0.772. The van der Waals surface area contributed by atoms with Crippen LogP contribution in [0.15, 0.2) is 47.2 Å². The molecule has 0 aliphatic carbocycles. The molecule has 1 N–H and O–H groups in total. The zero-order valence-corrected chi connectivity index (χ0v) is 13.4. The number of imidazole rings is 1. The molecule has 0 radical (unpaired) electrons. The molecule has 6 heteroatoms. The molecule has 3 aromatic rings. The minimum Gasteiger partial charge on any atom is -0.496 e. The highest BCUT2D eigenvalue weighted by atomic mass is 79.9. The number of methoxy groups -OCH3 is 1. The van der Waals surface area contributed by atoms with Gasteiger partial charge in [-0.15, -0.1) is 0 Å². The van der Waals surface area contributed by atoms with Gasteiger partial charge in [0.15, 0.2) is 0 Å². The Bertz CT molecular complexity index is 840. The van der Waals surface area contributed by atoms with Crippen molar-refractivity contribution in [1.29, 1.82) is 0 Å². The molecular formula is C16H13BrN2O3. The zero-order chi connectivity index (χ0) is 15.7. The van der Waals surface area contributed by atoms with Gasteiger partial charge in [0, 0.05) is 11.0 Å². The lowest BCUT2D eigenvalue weighted by molar-refractivity contribution is 0.0695. The fraction of sp³-hybridized carbons (Fsp3) is 0.125. The minimum absolute atomic E-state index is 0.0922. The van der Waals surface area contributed by atoms with Crippen molar-refractivity contribution in [2.45, 2.75) is 6.54 Å². The summed E-state index contributed by atoms with van der Waals surface area (Å²) in [4.78, 5) is 15.7. The number of nitrogens with zero attached hydrogens (tertiary/aromatic N) is 2. The number of carboxylic acids is 1. The fourth-order valence-electron chi connectivity index (χ4n) is 2.40. The second-order valence-corrected chi connectivity index (χ2v) is 5.73. The van der Waals surface area contributed by atoms with Gasteiger partial charge < -0.3 is 14.4 Å². The van der Waals surface area contributed by atoms with Crippen molar-refractivity contribution in [3.63, 3.8) is 0 Å². The number of fused-ring (bicyclic) bond motifs is 1. The van der Waals surface area contributed by atoms with Crippen LogP contribution in [0.4, 0.5) is 0 Å². The molecule has 0 saturated carbocycles. The Hall–Kier alpha value is -2.34. The van der Waals surface area contributed by atoms with Gasteiger partial charge in [-0.2, -0.15) is 0 Å². The highest BCUT2D eigenvalue weighted by Crippen LogP contribution is 2.27. The van der Waals surface area contributed by atoms with Crippen molar-refractivity contribution in [3.05, 3.63) is 58.3 Å². The third-order valence-electron chi connectivity index (χ3n) is 3.45. The average molecular weight is 361 g/mol. The molecule has 1 heterocycles. The second-order valence-electron chi connectivity index (χ2n) is 4.81. The third-order valence-corrected chi connectivity index (χ3v) is 3.98. The van der Waals surface area contributed by atoms with Crippen molar-refractivity contribution in [1.82, 2.24) is 9.55 Å². The van der Waals surface area contributed by atoms with Crippen LogP contribution in [0.1, 0.15) is 15.9 Å². The van der Waals surface area contributed by atoms with E-state index in [2.05, 4.69) is 20.9 Å². The van der Waals surface area contributed by atoms with E-state index < -0.39 is 5.97 Å². The van der Waals surface area contributed by atoms with E-state index in [-0.39, 0.29) is 5.56 Å². The molecule has 0 aliphatic heterocycles. The lowest BCUT2D eigenvalue weighted by atomic mass is 10.1. The first-order chi connectivity index (χ1) is 10.6. The smallest absolute Gasteiger partial charge is 0.341 e. The summed E-state index contributed by atoms with van der Waals surface area (Å²) in [6.45, 7) is 0.620. The standard InChI is InChI=1S/C16H13BrN2O3/c1-22-13-7-6-12-15(14(13)16(20)21)18-9-19(12)8-10-2-4-11(17)5-3-10/h2-7,9H,8H2,1H3,(H,20,21). The number of aromatic carboxylic acids is 1. The largest absolute Gasteiger partial charge is 0.496 e. The molecule has 1 aromatic heterocycles. The maximum absolute atomic E-state index is 11.5. The van der Waals surface area contributed by atoms with Crippen LogP contribution in [0.2, 0.25) is 0 Å². The summed E-state index contributed by atoms with van der Waals surface area (Å²) >= 11 is 3.41. The van der Waals surface area contributed by atoms with E-state index in [1.54, 1.807) is 12.4 Å². The lowest BCUT2D eigenvalue weighted by Gasteiger charge is -2.08. The molecule has 0 unspecified atom stereocenters. The molecule has 22 heavy (non-hydrogen) atoms. The van der Waals surface area contributed by atoms with E-state index in [9.17, 15) is 9.90 Å². The Morgan fingerprint density at radius 2 is 2.00 bits per heavy atom. The van der Waals surface area contributed by atoms with Gasteiger partial charge in [0.2, 0.25) is 0 Å². The van der Waals surface area contributed by atoms with Gasteiger partial charge in [-0.25, -0.2) is 9.78 Å². The van der Waals surface area contributed by atoms with Crippen molar-refractivity contribution in [3.8, 4) is 5.75 Å². The summed E-state index contributed by atoms with van der Waals surface area (Å²) in [5.74, 6) is -0.731. The van der Waals surface area contributed by atoms with Crippen molar-refractivity contribution >= 4 is 32.9 Å². The molecular weight excluding hydrogens is 348 g/mol. The second kappa shape index (κ2) is 5.81. The third kappa shape index (κ3) is 2.57. The van der Waals surface area contributed by atoms with Crippen LogP contribution in [0, 0.1) is 0 Å². The van der Waals surface area contributed by atoms with E-state index >= 15 is 0 Å². The lowest BCUT2D eigenvalue weighted by Crippen LogP contribution is -2.03. The summed E-state index contributed by atoms with van der Waals surface area (Å²) in [6.07, 6.45) is 1.65. The number of halogens is 1. The van der Waals surface area contributed by atoms with Crippen LogP contribution in [-0.2, 0) is 6.54 Å². The van der Waals surface area contributed by atoms with Gasteiger partial charge in [-0.1, -0.05) is 28.1 Å². The van der Waals surface area contributed by atoms with E-state index in [0.29, 0.717) is 17.8 Å².